The minimum Gasteiger partial charge on any atom is -0.493 e. The predicted molar refractivity (Wildman–Crippen MR) is 115 cm³/mol. The van der Waals surface area contributed by atoms with E-state index in [1.807, 2.05) is 18.2 Å². The number of methoxy groups -OCH3 is 1. The lowest BCUT2D eigenvalue weighted by atomic mass is 10.1. The summed E-state index contributed by atoms with van der Waals surface area (Å²) in [6, 6.07) is 10.1. The summed E-state index contributed by atoms with van der Waals surface area (Å²) >= 11 is 6.12. The van der Waals surface area contributed by atoms with Gasteiger partial charge in [-0.1, -0.05) is 23.7 Å². The van der Waals surface area contributed by atoms with E-state index in [9.17, 15) is 14.4 Å². The minimum absolute atomic E-state index is 0.0377. The van der Waals surface area contributed by atoms with Crippen LogP contribution in [0.3, 0.4) is 0 Å². The first-order valence-corrected chi connectivity index (χ1v) is 9.85. The Kier molecular flexibility index (Phi) is 5.51. The van der Waals surface area contributed by atoms with Crippen LogP contribution in [0.4, 0.5) is 5.69 Å². The number of nitrogens with one attached hydrogen (secondary N) is 1. The summed E-state index contributed by atoms with van der Waals surface area (Å²) in [4.78, 5) is 37.4. The van der Waals surface area contributed by atoms with Gasteiger partial charge in [0.25, 0.3) is 5.88 Å². The van der Waals surface area contributed by atoms with Crippen molar-refractivity contribution in [1.29, 1.82) is 0 Å². The van der Waals surface area contributed by atoms with E-state index in [4.69, 9.17) is 21.1 Å². The molecule has 4 rings (SSSR count). The molecule has 1 amide bonds. The molecule has 2 heterocycles. The van der Waals surface area contributed by atoms with Crippen LogP contribution in [0.1, 0.15) is 18.1 Å². The van der Waals surface area contributed by atoms with Gasteiger partial charge in [-0.3, -0.25) is 9.59 Å². The second-order valence-electron chi connectivity index (χ2n) is 6.98. The zero-order valence-electron chi connectivity index (χ0n) is 16.8. The fourth-order valence-electron chi connectivity index (χ4n) is 3.38. The number of carbonyl (C=O) groups excluding carboxylic acids is 1. The highest BCUT2D eigenvalue weighted by Crippen LogP contribution is 2.26. The van der Waals surface area contributed by atoms with Gasteiger partial charge in [0.05, 0.1) is 36.7 Å². The molecule has 1 aliphatic rings. The molecule has 9 nitrogen and oxygen atoms in total. The van der Waals surface area contributed by atoms with E-state index in [2.05, 4.69) is 10.4 Å². The van der Waals surface area contributed by atoms with E-state index in [-0.39, 0.29) is 18.3 Å². The lowest BCUT2D eigenvalue weighted by molar-refractivity contribution is -0.114. The van der Waals surface area contributed by atoms with Crippen LogP contribution in [0.5, 0.6) is 11.6 Å². The number of rotatable bonds is 5. The molecule has 10 heteroatoms. The third kappa shape index (κ3) is 4.04. The Hall–Kier alpha value is -3.59. The summed E-state index contributed by atoms with van der Waals surface area (Å²) < 4.78 is 12.7. The number of fused-ring (bicyclic) bond motifs is 1. The Labute approximate surface area is 181 Å². The maximum atomic E-state index is 13.2. The summed E-state index contributed by atoms with van der Waals surface area (Å²) in [6.45, 7) is 2.00. The minimum atomic E-state index is -0.654. The van der Waals surface area contributed by atoms with Gasteiger partial charge in [0.2, 0.25) is 5.91 Å². The van der Waals surface area contributed by atoms with E-state index < -0.39 is 11.2 Å². The number of benzene rings is 2. The Balaban J connectivity index is 1.81. The van der Waals surface area contributed by atoms with Gasteiger partial charge >= 0.3 is 11.2 Å². The number of halogens is 1. The molecule has 31 heavy (non-hydrogen) atoms. The first-order chi connectivity index (χ1) is 14.9. The number of nitrogens with zero attached hydrogens (tertiary/aromatic N) is 3. The van der Waals surface area contributed by atoms with Crippen molar-refractivity contribution in [2.75, 3.05) is 19.0 Å². The van der Waals surface area contributed by atoms with Crippen molar-refractivity contribution >= 4 is 23.2 Å². The average molecular weight is 443 g/mol. The van der Waals surface area contributed by atoms with Crippen molar-refractivity contribution in [3.05, 3.63) is 73.4 Å². The second kappa shape index (κ2) is 8.27. The van der Waals surface area contributed by atoms with Gasteiger partial charge < -0.3 is 14.8 Å². The van der Waals surface area contributed by atoms with E-state index in [1.165, 1.54) is 26.2 Å². The van der Waals surface area contributed by atoms with E-state index >= 15 is 0 Å². The molecule has 0 bridgehead atoms. The molecule has 0 saturated carbocycles. The number of carbonyl (C=O) groups is 1. The average Bonchev–Trinajstić information content (AvgIpc) is 3.21. The van der Waals surface area contributed by atoms with Crippen LogP contribution in [-0.4, -0.2) is 34.0 Å². The Morgan fingerprint density at radius 2 is 2.06 bits per heavy atom. The number of anilines is 1. The van der Waals surface area contributed by atoms with Crippen molar-refractivity contribution in [3.8, 4) is 17.3 Å². The lowest BCUT2D eigenvalue weighted by Gasteiger charge is -2.13. The van der Waals surface area contributed by atoms with Crippen LogP contribution in [0.15, 0.2) is 46.0 Å². The summed E-state index contributed by atoms with van der Waals surface area (Å²) in [5.74, 6) is 0.259. The van der Waals surface area contributed by atoms with Crippen LogP contribution in [0.25, 0.3) is 5.69 Å². The molecule has 0 spiro atoms. The summed E-state index contributed by atoms with van der Waals surface area (Å²) in [5.41, 5.74) is 1.14. The van der Waals surface area contributed by atoms with Crippen molar-refractivity contribution in [3.63, 3.8) is 0 Å². The molecule has 0 radical (unpaired) electrons. The van der Waals surface area contributed by atoms with Gasteiger partial charge in [-0.05, 0) is 35.4 Å². The molecule has 0 saturated heterocycles. The molecule has 2 aromatic carbocycles. The van der Waals surface area contributed by atoms with Gasteiger partial charge in [-0.15, -0.1) is 5.10 Å². The first-order valence-electron chi connectivity index (χ1n) is 9.47. The molecule has 1 aliphatic heterocycles. The van der Waals surface area contributed by atoms with Crippen LogP contribution >= 0.6 is 11.6 Å². The molecular formula is C21H19ClN4O5. The number of amides is 1. The van der Waals surface area contributed by atoms with Crippen molar-refractivity contribution in [2.45, 2.75) is 19.9 Å². The van der Waals surface area contributed by atoms with Crippen LogP contribution in [0, 0.1) is 0 Å². The molecule has 0 unspecified atom stereocenters. The summed E-state index contributed by atoms with van der Waals surface area (Å²) in [6.07, 6.45) is 0.776. The van der Waals surface area contributed by atoms with Gasteiger partial charge in [0, 0.05) is 13.3 Å². The maximum absolute atomic E-state index is 13.2. The van der Waals surface area contributed by atoms with Gasteiger partial charge in [-0.25, -0.2) is 9.36 Å². The fraction of sp³-hybridized carbons (Fsp3) is 0.238. The van der Waals surface area contributed by atoms with Gasteiger partial charge in [0.15, 0.2) is 0 Å². The Morgan fingerprint density at radius 1 is 1.26 bits per heavy atom. The molecule has 3 aromatic rings. The molecule has 0 fully saturated rings. The standard InChI is InChI=1S/C21H19ClN4O5/c1-12(27)23-17-10-15(4-5-16(17)22)26-21(29)25(20(28)19(24-26)30-2)11-13-3-6-18-14(9-13)7-8-31-18/h3-6,9-10H,7-8,11H2,1-2H3,(H,23,27). The quantitative estimate of drug-likeness (QED) is 0.648. The largest absolute Gasteiger partial charge is 0.493 e. The molecule has 0 aliphatic carbocycles. The predicted octanol–water partition coefficient (Wildman–Crippen LogP) is 2.00. The smallest absolute Gasteiger partial charge is 0.352 e. The number of hydrogen-bond acceptors (Lipinski definition) is 6. The zero-order valence-corrected chi connectivity index (χ0v) is 17.6. The SMILES string of the molecule is COc1nn(-c2ccc(Cl)c(NC(C)=O)c2)c(=O)n(Cc2ccc3c(c2)CCO3)c1=O. The van der Waals surface area contributed by atoms with E-state index in [0.29, 0.717) is 23.0 Å². The van der Waals surface area contributed by atoms with Crippen molar-refractivity contribution in [1.82, 2.24) is 14.3 Å². The topological polar surface area (TPSA) is 104 Å². The van der Waals surface area contributed by atoms with Crippen LogP contribution in [0.2, 0.25) is 5.02 Å². The maximum Gasteiger partial charge on any atom is 0.352 e. The van der Waals surface area contributed by atoms with Crippen molar-refractivity contribution < 1.29 is 14.3 Å². The monoisotopic (exact) mass is 442 g/mol. The normalized spacial score (nSPS) is 12.2. The molecule has 1 aromatic heterocycles. The van der Waals surface area contributed by atoms with E-state index in [0.717, 1.165) is 32.5 Å². The molecular weight excluding hydrogens is 424 g/mol. The summed E-state index contributed by atoms with van der Waals surface area (Å²) in [7, 11) is 1.31. The fourth-order valence-corrected chi connectivity index (χ4v) is 3.54. The highest BCUT2D eigenvalue weighted by atomic mass is 35.5. The Bertz CT molecular complexity index is 1300. The van der Waals surface area contributed by atoms with Crippen LogP contribution in [-0.2, 0) is 17.8 Å². The van der Waals surface area contributed by atoms with Gasteiger partial charge in [0.1, 0.15) is 5.75 Å². The Morgan fingerprint density at radius 3 is 2.81 bits per heavy atom. The molecule has 1 N–H and O–H groups in total. The third-order valence-corrected chi connectivity index (χ3v) is 5.15. The zero-order chi connectivity index (χ0) is 22.1. The third-order valence-electron chi connectivity index (χ3n) is 4.82. The highest BCUT2D eigenvalue weighted by molar-refractivity contribution is 6.33. The van der Waals surface area contributed by atoms with Gasteiger partial charge in [-0.2, -0.15) is 4.68 Å². The first kappa shape index (κ1) is 20.7. The van der Waals surface area contributed by atoms with Crippen LogP contribution < -0.4 is 26.0 Å². The summed E-state index contributed by atoms with van der Waals surface area (Å²) in [5, 5.41) is 6.94. The number of hydrogen-bond donors (Lipinski definition) is 1. The van der Waals surface area contributed by atoms with Crippen molar-refractivity contribution in [2.24, 2.45) is 0 Å². The lowest BCUT2D eigenvalue weighted by Crippen LogP contribution is -2.41. The highest BCUT2D eigenvalue weighted by Gasteiger charge is 2.18. The molecule has 160 valence electrons. The molecule has 0 atom stereocenters. The van der Waals surface area contributed by atoms with E-state index in [1.54, 1.807) is 6.07 Å². The second-order valence-corrected chi connectivity index (χ2v) is 7.39. The number of aromatic nitrogens is 3. The number of ether oxygens (including phenoxy) is 2.